The van der Waals surface area contributed by atoms with Crippen molar-refractivity contribution in [2.45, 2.75) is 45.6 Å². The minimum absolute atomic E-state index is 0.147. The summed E-state index contributed by atoms with van der Waals surface area (Å²) in [5.74, 6) is 0.421. The zero-order valence-electron chi connectivity index (χ0n) is 18.5. The lowest BCUT2D eigenvalue weighted by Crippen LogP contribution is -2.45. The first-order chi connectivity index (χ1) is 14.2. The molecule has 1 fully saturated rings. The molecule has 6 nitrogen and oxygen atoms in total. The lowest BCUT2D eigenvalue weighted by atomic mass is 9.97. The molecular formula is C24H33N3O3. The van der Waals surface area contributed by atoms with E-state index in [0.717, 1.165) is 30.6 Å². The number of carbonyl (C=O) groups is 2. The lowest BCUT2D eigenvalue weighted by molar-refractivity contribution is -0.132. The molecule has 0 aliphatic carbocycles. The largest absolute Gasteiger partial charge is 0.444 e. The summed E-state index contributed by atoms with van der Waals surface area (Å²) in [6.45, 7) is 7.67. The zero-order chi connectivity index (χ0) is 21.7. The number of amides is 2. The van der Waals surface area contributed by atoms with Crippen LogP contribution in [0.4, 0.5) is 4.79 Å². The van der Waals surface area contributed by atoms with E-state index in [0.29, 0.717) is 19.5 Å². The van der Waals surface area contributed by atoms with Crippen molar-refractivity contribution in [2.75, 3.05) is 26.7 Å². The van der Waals surface area contributed by atoms with Crippen LogP contribution in [-0.4, -0.2) is 58.7 Å². The van der Waals surface area contributed by atoms with Gasteiger partial charge in [-0.3, -0.25) is 4.79 Å². The minimum atomic E-state index is -0.503. The van der Waals surface area contributed by atoms with Crippen LogP contribution in [0, 0.1) is 5.92 Å². The number of benzene rings is 1. The van der Waals surface area contributed by atoms with Gasteiger partial charge in [0.25, 0.3) is 0 Å². The molecule has 0 spiro atoms. The van der Waals surface area contributed by atoms with Gasteiger partial charge in [-0.15, -0.1) is 0 Å². The summed E-state index contributed by atoms with van der Waals surface area (Å²) in [7, 11) is 1.77. The van der Waals surface area contributed by atoms with E-state index in [4.69, 9.17) is 4.74 Å². The summed E-state index contributed by atoms with van der Waals surface area (Å²) in [5.41, 5.74) is 1.60. The van der Waals surface area contributed by atoms with E-state index < -0.39 is 5.60 Å². The third-order valence-electron chi connectivity index (χ3n) is 5.30. The van der Waals surface area contributed by atoms with Crippen molar-refractivity contribution in [3.8, 4) is 5.69 Å². The number of hydrogen-bond donors (Lipinski definition) is 0. The van der Waals surface area contributed by atoms with Crippen molar-refractivity contribution < 1.29 is 14.3 Å². The predicted molar refractivity (Wildman–Crippen MR) is 118 cm³/mol. The summed E-state index contributed by atoms with van der Waals surface area (Å²) in [4.78, 5) is 28.6. The van der Waals surface area contributed by atoms with E-state index in [1.807, 2.05) is 79.0 Å². The Kier molecular flexibility index (Phi) is 6.85. The van der Waals surface area contributed by atoms with E-state index >= 15 is 0 Å². The van der Waals surface area contributed by atoms with Gasteiger partial charge in [0, 0.05) is 44.8 Å². The number of aromatic nitrogens is 1. The Labute approximate surface area is 179 Å². The molecule has 30 heavy (non-hydrogen) atoms. The van der Waals surface area contributed by atoms with Crippen molar-refractivity contribution in [1.29, 1.82) is 0 Å². The highest BCUT2D eigenvalue weighted by Gasteiger charge is 2.27. The lowest BCUT2D eigenvalue weighted by Gasteiger charge is -2.35. The fraction of sp³-hybridized carbons (Fsp3) is 0.500. The smallest absolute Gasteiger partial charge is 0.410 e. The normalized spacial score (nSPS) is 16.9. The van der Waals surface area contributed by atoms with Crippen molar-refractivity contribution >= 4 is 12.0 Å². The Morgan fingerprint density at radius 3 is 2.43 bits per heavy atom. The molecule has 1 atom stereocenters. The first-order valence-corrected chi connectivity index (χ1v) is 10.7. The van der Waals surface area contributed by atoms with Gasteiger partial charge in [0.2, 0.25) is 5.91 Å². The molecular weight excluding hydrogens is 378 g/mol. The second-order valence-corrected chi connectivity index (χ2v) is 9.14. The topological polar surface area (TPSA) is 54.8 Å². The molecule has 0 N–H and O–H groups in total. The average molecular weight is 412 g/mol. The van der Waals surface area contributed by atoms with Crippen molar-refractivity contribution in [1.82, 2.24) is 14.4 Å². The predicted octanol–water partition coefficient (Wildman–Crippen LogP) is 4.13. The molecule has 2 amide bonds. The molecule has 162 valence electrons. The monoisotopic (exact) mass is 411 g/mol. The molecule has 6 heteroatoms. The molecule has 1 aromatic heterocycles. The van der Waals surface area contributed by atoms with Crippen LogP contribution in [0.1, 0.15) is 39.2 Å². The van der Waals surface area contributed by atoms with Crippen molar-refractivity contribution in [2.24, 2.45) is 5.92 Å². The van der Waals surface area contributed by atoms with E-state index in [1.165, 1.54) is 0 Å². The van der Waals surface area contributed by atoms with Gasteiger partial charge in [-0.25, -0.2) is 4.79 Å². The summed E-state index contributed by atoms with van der Waals surface area (Å²) in [6, 6.07) is 12.1. The number of nitrogens with zero attached hydrogens (tertiary/aromatic N) is 3. The summed E-state index contributed by atoms with van der Waals surface area (Å²) in [5, 5.41) is 0. The van der Waals surface area contributed by atoms with Gasteiger partial charge in [0.1, 0.15) is 5.60 Å². The quantitative estimate of drug-likeness (QED) is 0.744. The summed E-state index contributed by atoms with van der Waals surface area (Å²) in [6.07, 6.45) is 6.08. The maximum absolute atomic E-state index is 12.8. The van der Waals surface area contributed by atoms with Gasteiger partial charge in [0.05, 0.1) is 6.42 Å². The Bertz CT molecular complexity index is 838. The fourth-order valence-electron chi connectivity index (χ4n) is 3.82. The Morgan fingerprint density at radius 2 is 1.80 bits per heavy atom. The maximum atomic E-state index is 12.8. The average Bonchev–Trinajstić information content (AvgIpc) is 3.22. The van der Waals surface area contributed by atoms with Crippen LogP contribution in [0.25, 0.3) is 5.69 Å². The molecule has 2 heterocycles. The second kappa shape index (κ2) is 9.37. The minimum Gasteiger partial charge on any atom is -0.444 e. The van der Waals surface area contributed by atoms with Crippen LogP contribution in [0.5, 0.6) is 0 Å². The number of piperidine rings is 1. The van der Waals surface area contributed by atoms with Gasteiger partial charge in [-0.1, -0.05) is 12.1 Å². The first-order valence-electron chi connectivity index (χ1n) is 10.7. The van der Waals surface area contributed by atoms with E-state index in [-0.39, 0.29) is 17.9 Å². The van der Waals surface area contributed by atoms with Gasteiger partial charge in [-0.05, 0) is 69.4 Å². The molecule has 1 aromatic carbocycles. The second-order valence-electron chi connectivity index (χ2n) is 9.14. The number of hydrogen-bond acceptors (Lipinski definition) is 3. The molecule has 1 unspecified atom stereocenters. The number of likely N-dealkylation sites (tertiary alicyclic amines) is 1. The third-order valence-corrected chi connectivity index (χ3v) is 5.30. The van der Waals surface area contributed by atoms with Crippen LogP contribution in [0.2, 0.25) is 0 Å². The highest BCUT2D eigenvalue weighted by Crippen LogP contribution is 2.20. The Hall–Kier alpha value is -2.76. The molecule has 0 radical (unpaired) electrons. The molecule has 0 saturated carbocycles. The fourth-order valence-corrected chi connectivity index (χ4v) is 3.82. The first kappa shape index (κ1) is 21.9. The zero-order valence-corrected chi connectivity index (χ0v) is 18.5. The van der Waals surface area contributed by atoms with Gasteiger partial charge < -0.3 is 19.1 Å². The third kappa shape index (κ3) is 6.12. The highest BCUT2D eigenvalue weighted by atomic mass is 16.6. The number of carbonyl (C=O) groups excluding carboxylic acids is 2. The van der Waals surface area contributed by atoms with Crippen LogP contribution in [0.15, 0.2) is 48.8 Å². The molecule has 1 saturated heterocycles. The summed E-state index contributed by atoms with van der Waals surface area (Å²) >= 11 is 0. The molecule has 1 aliphatic heterocycles. The summed E-state index contributed by atoms with van der Waals surface area (Å²) < 4.78 is 7.48. The molecule has 0 bridgehead atoms. The van der Waals surface area contributed by atoms with Crippen LogP contribution >= 0.6 is 0 Å². The standard InChI is InChI=1S/C24H33N3O3/c1-24(2,3)30-23(29)25(4)17-20-8-7-15-27(18-20)22(28)16-19-9-11-21(12-10-19)26-13-5-6-14-26/h5-6,9-14,20H,7-8,15-18H2,1-4H3. The van der Waals surface area contributed by atoms with Crippen molar-refractivity contribution in [3.05, 3.63) is 54.4 Å². The van der Waals surface area contributed by atoms with Gasteiger partial charge in [0.15, 0.2) is 0 Å². The highest BCUT2D eigenvalue weighted by molar-refractivity contribution is 5.79. The van der Waals surface area contributed by atoms with Gasteiger partial charge >= 0.3 is 6.09 Å². The van der Waals surface area contributed by atoms with Gasteiger partial charge in [-0.2, -0.15) is 0 Å². The van der Waals surface area contributed by atoms with E-state index in [1.54, 1.807) is 11.9 Å². The Morgan fingerprint density at radius 1 is 1.13 bits per heavy atom. The molecule has 3 rings (SSSR count). The van der Waals surface area contributed by atoms with E-state index in [2.05, 4.69) is 0 Å². The molecule has 2 aromatic rings. The van der Waals surface area contributed by atoms with E-state index in [9.17, 15) is 9.59 Å². The van der Waals surface area contributed by atoms with Crippen molar-refractivity contribution in [3.63, 3.8) is 0 Å². The van der Waals surface area contributed by atoms with Crippen LogP contribution in [-0.2, 0) is 16.0 Å². The van der Waals surface area contributed by atoms with Crippen LogP contribution < -0.4 is 0 Å². The number of rotatable bonds is 5. The molecule has 1 aliphatic rings. The SMILES string of the molecule is CN(CC1CCCN(C(=O)Cc2ccc(-n3cccc3)cc2)C1)C(=O)OC(C)(C)C. The maximum Gasteiger partial charge on any atom is 0.410 e. The Balaban J connectivity index is 1.52. The number of ether oxygens (including phenoxy) is 1. The van der Waals surface area contributed by atoms with Crippen LogP contribution in [0.3, 0.4) is 0 Å².